The van der Waals surface area contributed by atoms with Crippen molar-refractivity contribution in [3.8, 4) is 0 Å². The summed E-state index contributed by atoms with van der Waals surface area (Å²) in [7, 11) is -3.67. The molecule has 0 fully saturated rings. The Morgan fingerprint density at radius 1 is 1.08 bits per heavy atom. The Hall–Kier alpha value is -2.74. The zero-order valence-electron chi connectivity index (χ0n) is 13.1. The summed E-state index contributed by atoms with van der Waals surface area (Å²) in [5.74, 6) is -3.24. The van der Waals surface area contributed by atoms with E-state index in [-0.39, 0.29) is 16.9 Å². The first-order valence-electron chi connectivity index (χ1n) is 7.36. The highest BCUT2D eigenvalue weighted by Crippen LogP contribution is 2.12. The van der Waals surface area contributed by atoms with Crippen molar-refractivity contribution in [1.82, 2.24) is 5.32 Å². The monoisotopic (exact) mass is 365 g/mol. The van der Waals surface area contributed by atoms with Gasteiger partial charge in [-0.25, -0.2) is 17.6 Å². The second-order valence-electron chi connectivity index (χ2n) is 5.30. The number of carbonyl (C=O) groups is 2. The molecule has 6 nitrogen and oxygen atoms in total. The number of sulfone groups is 1. The van der Waals surface area contributed by atoms with Gasteiger partial charge in [0.25, 0.3) is 5.91 Å². The van der Waals surface area contributed by atoms with E-state index in [0.29, 0.717) is 0 Å². The molecule has 0 aliphatic rings. The second-order valence-corrected chi connectivity index (χ2v) is 7.40. The van der Waals surface area contributed by atoms with Crippen molar-refractivity contribution in [1.29, 1.82) is 0 Å². The number of amides is 1. The summed E-state index contributed by atoms with van der Waals surface area (Å²) in [6.07, 6.45) is -0.312. The Balaban J connectivity index is 2.06. The van der Waals surface area contributed by atoms with Crippen LogP contribution in [-0.4, -0.2) is 37.2 Å². The Morgan fingerprint density at radius 2 is 1.76 bits per heavy atom. The molecule has 1 amide bonds. The summed E-state index contributed by atoms with van der Waals surface area (Å²) in [6.45, 7) is 0. The van der Waals surface area contributed by atoms with Crippen LogP contribution in [0.3, 0.4) is 0 Å². The van der Waals surface area contributed by atoms with Crippen molar-refractivity contribution < 1.29 is 27.5 Å². The molecule has 2 aromatic rings. The van der Waals surface area contributed by atoms with Gasteiger partial charge in [-0.15, -0.1) is 0 Å². The van der Waals surface area contributed by atoms with Gasteiger partial charge in [-0.3, -0.25) is 4.79 Å². The standard InChI is InChI=1S/C17H16FNO5S/c18-13-6-4-5-12(11-13)16(20)19-15(17(21)22)9-10-25(23,24)14-7-2-1-3-8-14/h1-8,11,15H,9-10H2,(H,19,20)(H,21,22)/t15-/m0/s1. The van der Waals surface area contributed by atoms with Gasteiger partial charge < -0.3 is 10.4 Å². The van der Waals surface area contributed by atoms with E-state index in [4.69, 9.17) is 0 Å². The van der Waals surface area contributed by atoms with Crippen molar-refractivity contribution >= 4 is 21.7 Å². The van der Waals surface area contributed by atoms with Gasteiger partial charge in [0.1, 0.15) is 11.9 Å². The van der Waals surface area contributed by atoms with Crippen LogP contribution in [-0.2, 0) is 14.6 Å². The molecule has 2 rings (SSSR count). The van der Waals surface area contributed by atoms with Crippen molar-refractivity contribution in [2.75, 3.05) is 5.75 Å². The van der Waals surface area contributed by atoms with Crippen LogP contribution < -0.4 is 5.32 Å². The third-order valence-electron chi connectivity index (χ3n) is 3.47. The molecule has 1 atom stereocenters. The summed E-state index contributed by atoms with van der Waals surface area (Å²) in [6, 6.07) is 11.0. The van der Waals surface area contributed by atoms with Gasteiger partial charge in [0.15, 0.2) is 9.84 Å². The molecule has 0 heterocycles. The van der Waals surface area contributed by atoms with Crippen LogP contribution in [0.4, 0.5) is 4.39 Å². The largest absolute Gasteiger partial charge is 0.480 e. The zero-order chi connectivity index (χ0) is 18.4. The first-order chi connectivity index (χ1) is 11.8. The molecular formula is C17H16FNO5S. The lowest BCUT2D eigenvalue weighted by Gasteiger charge is -2.15. The van der Waals surface area contributed by atoms with Crippen LogP contribution in [0.2, 0.25) is 0 Å². The fourth-order valence-electron chi connectivity index (χ4n) is 2.15. The first kappa shape index (κ1) is 18.6. The molecule has 0 radical (unpaired) electrons. The van der Waals surface area contributed by atoms with Crippen LogP contribution in [0.1, 0.15) is 16.8 Å². The van der Waals surface area contributed by atoms with E-state index in [0.717, 1.165) is 12.1 Å². The Morgan fingerprint density at radius 3 is 2.36 bits per heavy atom. The second kappa shape index (κ2) is 7.89. The molecule has 0 spiro atoms. The number of carboxylic acids is 1. The fraction of sp³-hybridized carbons (Fsp3) is 0.176. The Kier molecular flexibility index (Phi) is 5.87. The molecule has 25 heavy (non-hydrogen) atoms. The van der Waals surface area contributed by atoms with Gasteiger partial charge in [-0.2, -0.15) is 0 Å². The molecule has 0 aliphatic carbocycles. The van der Waals surface area contributed by atoms with Crippen LogP contribution >= 0.6 is 0 Å². The fourth-order valence-corrected chi connectivity index (χ4v) is 3.50. The summed E-state index contributed by atoms with van der Waals surface area (Å²) in [5.41, 5.74) is -0.0443. The predicted octanol–water partition coefficient (Wildman–Crippen LogP) is 1.87. The van der Waals surface area contributed by atoms with E-state index in [1.165, 1.54) is 24.3 Å². The minimum Gasteiger partial charge on any atom is -0.480 e. The summed E-state index contributed by atoms with van der Waals surface area (Å²) in [4.78, 5) is 23.4. The summed E-state index contributed by atoms with van der Waals surface area (Å²) >= 11 is 0. The molecule has 0 unspecified atom stereocenters. The minimum absolute atomic E-state index is 0.0443. The van der Waals surface area contributed by atoms with Gasteiger partial charge in [-0.05, 0) is 36.8 Å². The SMILES string of the molecule is O=C(N[C@@H](CCS(=O)(=O)c1ccccc1)C(=O)O)c1cccc(F)c1. The maximum Gasteiger partial charge on any atom is 0.326 e. The van der Waals surface area contributed by atoms with E-state index in [2.05, 4.69) is 5.32 Å². The normalized spacial score (nSPS) is 12.4. The number of benzene rings is 2. The van der Waals surface area contributed by atoms with Crippen LogP contribution in [0.15, 0.2) is 59.5 Å². The van der Waals surface area contributed by atoms with Gasteiger partial charge in [0.2, 0.25) is 0 Å². The molecule has 8 heteroatoms. The maximum absolute atomic E-state index is 13.1. The third-order valence-corrected chi connectivity index (χ3v) is 5.23. The van der Waals surface area contributed by atoms with E-state index in [1.54, 1.807) is 18.2 Å². The van der Waals surface area contributed by atoms with Crippen LogP contribution in [0.5, 0.6) is 0 Å². The molecule has 2 aromatic carbocycles. The number of nitrogens with one attached hydrogen (secondary N) is 1. The molecule has 132 valence electrons. The van der Waals surface area contributed by atoms with Crippen LogP contribution in [0, 0.1) is 5.82 Å². The zero-order valence-corrected chi connectivity index (χ0v) is 13.9. The van der Waals surface area contributed by atoms with Gasteiger partial charge >= 0.3 is 5.97 Å². The van der Waals surface area contributed by atoms with Gasteiger partial charge in [0, 0.05) is 5.56 Å². The highest BCUT2D eigenvalue weighted by atomic mass is 32.2. The number of hydrogen-bond acceptors (Lipinski definition) is 4. The molecule has 2 N–H and O–H groups in total. The molecule has 0 aromatic heterocycles. The van der Waals surface area contributed by atoms with E-state index in [9.17, 15) is 27.5 Å². The Labute approximate surface area is 144 Å². The topological polar surface area (TPSA) is 101 Å². The van der Waals surface area contributed by atoms with Gasteiger partial charge in [0.05, 0.1) is 10.6 Å². The average molecular weight is 365 g/mol. The number of carbonyl (C=O) groups excluding carboxylic acids is 1. The molecule has 0 bridgehead atoms. The number of rotatable bonds is 7. The number of aliphatic carboxylic acids is 1. The van der Waals surface area contributed by atoms with Crippen molar-refractivity contribution in [3.63, 3.8) is 0 Å². The smallest absolute Gasteiger partial charge is 0.326 e. The quantitative estimate of drug-likeness (QED) is 0.780. The van der Waals surface area contributed by atoms with Crippen molar-refractivity contribution in [3.05, 3.63) is 66.0 Å². The van der Waals surface area contributed by atoms with E-state index in [1.807, 2.05) is 0 Å². The predicted molar refractivity (Wildman–Crippen MR) is 88.4 cm³/mol. The van der Waals surface area contributed by atoms with Crippen molar-refractivity contribution in [2.45, 2.75) is 17.4 Å². The highest BCUT2D eigenvalue weighted by molar-refractivity contribution is 7.91. The third kappa shape index (κ3) is 5.12. The van der Waals surface area contributed by atoms with Crippen LogP contribution in [0.25, 0.3) is 0 Å². The molecule has 0 saturated heterocycles. The average Bonchev–Trinajstić information content (AvgIpc) is 2.59. The first-order valence-corrected chi connectivity index (χ1v) is 9.02. The van der Waals surface area contributed by atoms with E-state index >= 15 is 0 Å². The lowest BCUT2D eigenvalue weighted by atomic mass is 10.1. The summed E-state index contributed by atoms with van der Waals surface area (Å²) in [5, 5.41) is 11.4. The van der Waals surface area contributed by atoms with Gasteiger partial charge in [-0.1, -0.05) is 24.3 Å². The van der Waals surface area contributed by atoms with Crippen molar-refractivity contribution in [2.24, 2.45) is 0 Å². The Bertz CT molecular complexity index is 868. The number of halogens is 1. The maximum atomic E-state index is 13.1. The lowest BCUT2D eigenvalue weighted by Crippen LogP contribution is -2.42. The minimum atomic E-state index is -3.67. The highest BCUT2D eigenvalue weighted by Gasteiger charge is 2.24. The van der Waals surface area contributed by atoms with E-state index < -0.39 is 39.3 Å². The summed E-state index contributed by atoms with van der Waals surface area (Å²) < 4.78 is 37.5. The number of carboxylic acid groups (broad SMARTS) is 1. The molecular weight excluding hydrogens is 349 g/mol. The number of hydrogen-bond donors (Lipinski definition) is 2. The molecule has 0 aliphatic heterocycles. The lowest BCUT2D eigenvalue weighted by molar-refractivity contribution is -0.139. The molecule has 0 saturated carbocycles.